The lowest BCUT2D eigenvalue weighted by atomic mass is 9.95. The minimum absolute atomic E-state index is 0.0510. The van der Waals surface area contributed by atoms with Gasteiger partial charge in [-0.2, -0.15) is 0 Å². The van der Waals surface area contributed by atoms with E-state index < -0.39 is 23.5 Å². The van der Waals surface area contributed by atoms with Gasteiger partial charge in [0.05, 0.1) is 28.9 Å². The summed E-state index contributed by atoms with van der Waals surface area (Å²) < 4.78 is 19.6. The minimum atomic E-state index is -0.939. The standard InChI is InChI=1S/C25H17FN2O4S/c1-32-17-9-5-8-15(12-17)21-20(22(29)14-6-3-2-4-7-14)23(30)24(31)28(21)25-27-18-11-10-16(26)13-19(18)33-25/h2-13,21,29H,1H3. The normalized spacial score (nSPS) is 17.6. The Hall–Kier alpha value is -4.04. The Morgan fingerprint density at radius 2 is 1.85 bits per heavy atom. The maximum Gasteiger partial charge on any atom is 0.301 e. The number of aliphatic hydroxyl groups excluding tert-OH is 1. The lowest BCUT2D eigenvalue weighted by Gasteiger charge is -2.23. The predicted octanol–water partition coefficient (Wildman–Crippen LogP) is 5.07. The summed E-state index contributed by atoms with van der Waals surface area (Å²) in [5.74, 6) is -1.82. The number of benzene rings is 3. The summed E-state index contributed by atoms with van der Waals surface area (Å²) in [5.41, 5.74) is 1.43. The van der Waals surface area contributed by atoms with Crippen LogP contribution in [0.15, 0.2) is 78.4 Å². The number of methoxy groups -OCH3 is 1. The zero-order chi connectivity index (χ0) is 23.1. The molecule has 5 rings (SSSR count). The lowest BCUT2D eigenvalue weighted by molar-refractivity contribution is -0.132. The first kappa shape index (κ1) is 20.8. The van der Waals surface area contributed by atoms with E-state index in [9.17, 15) is 19.1 Å². The second kappa shape index (κ2) is 8.14. The number of halogens is 1. The van der Waals surface area contributed by atoms with Crippen LogP contribution in [0.25, 0.3) is 16.0 Å². The van der Waals surface area contributed by atoms with Crippen LogP contribution in [-0.2, 0) is 9.59 Å². The molecule has 164 valence electrons. The smallest absolute Gasteiger partial charge is 0.301 e. The predicted molar refractivity (Wildman–Crippen MR) is 124 cm³/mol. The summed E-state index contributed by atoms with van der Waals surface area (Å²) in [5, 5.41) is 11.3. The molecule has 1 aliphatic heterocycles. The third kappa shape index (κ3) is 3.54. The maximum absolute atomic E-state index is 13.7. The number of aliphatic hydroxyl groups is 1. The number of nitrogens with zero attached hydrogens (tertiary/aromatic N) is 2. The van der Waals surface area contributed by atoms with Crippen LogP contribution in [0.2, 0.25) is 0 Å². The molecule has 4 aromatic rings. The number of thiazole rings is 1. The van der Waals surface area contributed by atoms with E-state index in [0.29, 0.717) is 27.1 Å². The number of hydrogen-bond acceptors (Lipinski definition) is 6. The van der Waals surface area contributed by atoms with E-state index in [1.807, 2.05) is 0 Å². The molecular formula is C25H17FN2O4S. The second-order valence-electron chi connectivity index (χ2n) is 7.42. The van der Waals surface area contributed by atoms with Gasteiger partial charge in [-0.15, -0.1) is 0 Å². The van der Waals surface area contributed by atoms with Gasteiger partial charge in [0.25, 0.3) is 5.78 Å². The molecule has 0 spiro atoms. The van der Waals surface area contributed by atoms with Crippen LogP contribution in [0, 0.1) is 5.82 Å². The topological polar surface area (TPSA) is 79.7 Å². The second-order valence-corrected chi connectivity index (χ2v) is 8.43. The molecule has 0 aliphatic carbocycles. The molecule has 0 radical (unpaired) electrons. The highest BCUT2D eigenvalue weighted by molar-refractivity contribution is 7.22. The van der Waals surface area contributed by atoms with Crippen molar-refractivity contribution >= 4 is 44.1 Å². The van der Waals surface area contributed by atoms with Gasteiger partial charge in [-0.1, -0.05) is 53.8 Å². The van der Waals surface area contributed by atoms with E-state index in [1.54, 1.807) is 54.6 Å². The zero-order valence-corrected chi connectivity index (χ0v) is 18.2. The Morgan fingerprint density at radius 1 is 1.06 bits per heavy atom. The largest absolute Gasteiger partial charge is 0.507 e. The Labute approximate surface area is 192 Å². The quantitative estimate of drug-likeness (QED) is 0.261. The van der Waals surface area contributed by atoms with Crippen molar-refractivity contribution < 1.29 is 23.8 Å². The Morgan fingerprint density at radius 3 is 2.61 bits per heavy atom. The molecule has 8 heteroatoms. The van der Waals surface area contributed by atoms with Gasteiger partial charge >= 0.3 is 5.91 Å². The van der Waals surface area contributed by atoms with Crippen LogP contribution < -0.4 is 9.64 Å². The molecule has 1 aromatic heterocycles. The molecule has 3 aromatic carbocycles. The van der Waals surface area contributed by atoms with Crippen LogP contribution in [-0.4, -0.2) is 28.9 Å². The van der Waals surface area contributed by atoms with Crippen LogP contribution in [0.3, 0.4) is 0 Å². The Balaban J connectivity index is 1.74. The van der Waals surface area contributed by atoms with Gasteiger partial charge in [0.2, 0.25) is 0 Å². The van der Waals surface area contributed by atoms with Crippen molar-refractivity contribution in [1.29, 1.82) is 0 Å². The fraction of sp³-hybridized carbons (Fsp3) is 0.0800. The fourth-order valence-electron chi connectivity index (χ4n) is 3.90. The van der Waals surface area contributed by atoms with Gasteiger partial charge in [-0.3, -0.25) is 14.5 Å². The summed E-state index contributed by atoms with van der Waals surface area (Å²) in [7, 11) is 1.52. The zero-order valence-electron chi connectivity index (χ0n) is 17.4. The number of rotatable bonds is 4. The van der Waals surface area contributed by atoms with Crippen molar-refractivity contribution in [2.24, 2.45) is 0 Å². The van der Waals surface area contributed by atoms with Gasteiger partial charge in [-0.05, 0) is 35.9 Å². The van der Waals surface area contributed by atoms with Crippen LogP contribution in [0.4, 0.5) is 9.52 Å². The molecule has 1 aliphatic rings. The third-order valence-electron chi connectivity index (χ3n) is 5.45. The third-order valence-corrected chi connectivity index (χ3v) is 6.46. The Kier molecular flexibility index (Phi) is 5.14. The van der Waals surface area contributed by atoms with Crippen molar-refractivity contribution in [2.75, 3.05) is 12.0 Å². The SMILES string of the molecule is COc1cccc(C2C(=C(O)c3ccccc3)C(=O)C(=O)N2c2nc3ccc(F)cc3s2)c1. The first-order valence-electron chi connectivity index (χ1n) is 10.0. The lowest BCUT2D eigenvalue weighted by Crippen LogP contribution is -2.29. The highest BCUT2D eigenvalue weighted by Crippen LogP contribution is 2.44. The molecule has 1 fully saturated rings. The van der Waals surface area contributed by atoms with Crippen molar-refractivity contribution in [3.8, 4) is 5.75 Å². The van der Waals surface area contributed by atoms with E-state index >= 15 is 0 Å². The maximum atomic E-state index is 13.7. The van der Waals surface area contributed by atoms with Crippen LogP contribution in [0.1, 0.15) is 17.2 Å². The van der Waals surface area contributed by atoms with Gasteiger partial charge in [-0.25, -0.2) is 9.37 Å². The summed E-state index contributed by atoms with van der Waals surface area (Å²) in [6.45, 7) is 0. The van der Waals surface area contributed by atoms with E-state index in [2.05, 4.69) is 4.98 Å². The molecule has 1 atom stereocenters. The van der Waals surface area contributed by atoms with E-state index in [1.165, 1.54) is 30.2 Å². The summed E-state index contributed by atoms with van der Waals surface area (Å²) in [6, 6.07) is 18.7. The summed E-state index contributed by atoms with van der Waals surface area (Å²) in [4.78, 5) is 32.1. The van der Waals surface area contributed by atoms with E-state index in [-0.39, 0.29) is 16.5 Å². The number of anilines is 1. The number of carbonyl (C=O) groups is 2. The van der Waals surface area contributed by atoms with Gasteiger partial charge in [0.1, 0.15) is 17.3 Å². The van der Waals surface area contributed by atoms with Crippen molar-refractivity contribution in [3.63, 3.8) is 0 Å². The molecule has 2 heterocycles. The van der Waals surface area contributed by atoms with Gasteiger partial charge < -0.3 is 9.84 Å². The number of ether oxygens (including phenoxy) is 1. The fourth-order valence-corrected chi connectivity index (χ4v) is 4.91. The molecule has 0 saturated carbocycles. The first-order valence-corrected chi connectivity index (χ1v) is 10.9. The molecule has 1 N–H and O–H groups in total. The van der Waals surface area contributed by atoms with Crippen molar-refractivity contribution in [3.05, 3.63) is 95.3 Å². The first-order chi connectivity index (χ1) is 16.0. The molecule has 33 heavy (non-hydrogen) atoms. The highest BCUT2D eigenvalue weighted by atomic mass is 32.1. The molecule has 1 amide bonds. The molecule has 1 unspecified atom stereocenters. The average Bonchev–Trinajstić information content (AvgIpc) is 3.37. The molecule has 0 bridgehead atoms. The van der Waals surface area contributed by atoms with E-state index in [0.717, 1.165) is 11.3 Å². The number of aromatic nitrogens is 1. The van der Waals surface area contributed by atoms with Gasteiger partial charge in [0.15, 0.2) is 5.13 Å². The number of fused-ring (bicyclic) bond motifs is 1. The van der Waals surface area contributed by atoms with Crippen molar-refractivity contribution in [1.82, 2.24) is 4.98 Å². The average molecular weight is 460 g/mol. The number of amides is 1. The van der Waals surface area contributed by atoms with Crippen LogP contribution >= 0.6 is 11.3 Å². The summed E-state index contributed by atoms with van der Waals surface area (Å²) in [6.07, 6.45) is 0. The number of ketones is 1. The van der Waals surface area contributed by atoms with E-state index in [4.69, 9.17) is 4.74 Å². The molecule has 1 saturated heterocycles. The summed E-state index contributed by atoms with van der Waals surface area (Å²) >= 11 is 1.10. The number of carbonyl (C=O) groups excluding carboxylic acids is 2. The molecular weight excluding hydrogens is 443 g/mol. The Bertz CT molecular complexity index is 1430. The number of Topliss-reactive ketones (excluding diaryl/α,β-unsaturated/α-hetero) is 1. The van der Waals surface area contributed by atoms with Crippen LogP contribution in [0.5, 0.6) is 5.75 Å². The van der Waals surface area contributed by atoms with Crippen molar-refractivity contribution in [2.45, 2.75) is 6.04 Å². The van der Waals surface area contributed by atoms with Gasteiger partial charge in [0, 0.05) is 5.56 Å². The highest BCUT2D eigenvalue weighted by Gasteiger charge is 2.48. The monoisotopic (exact) mass is 460 g/mol. The number of hydrogen-bond donors (Lipinski definition) is 1. The minimum Gasteiger partial charge on any atom is -0.507 e. The molecule has 6 nitrogen and oxygen atoms in total.